The SMILES string of the molecule is Cc1cc(N)cn2c(-c3ccc(Br)cc3)nnc12. The second-order valence-electron chi connectivity index (χ2n) is 4.18. The number of fused-ring (bicyclic) bond motifs is 1. The second-order valence-corrected chi connectivity index (χ2v) is 5.10. The zero-order chi connectivity index (χ0) is 12.7. The maximum Gasteiger partial charge on any atom is 0.168 e. The minimum atomic E-state index is 0.707. The number of halogens is 1. The molecule has 0 bridgehead atoms. The molecule has 2 N–H and O–H groups in total. The van der Waals surface area contributed by atoms with Gasteiger partial charge in [-0.15, -0.1) is 10.2 Å². The van der Waals surface area contributed by atoms with Gasteiger partial charge in [0.2, 0.25) is 0 Å². The number of aryl methyl sites for hydroxylation is 1. The molecule has 0 aliphatic rings. The van der Waals surface area contributed by atoms with Gasteiger partial charge in [0.15, 0.2) is 11.5 Å². The van der Waals surface area contributed by atoms with Gasteiger partial charge in [0, 0.05) is 21.9 Å². The Morgan fingerprint density at radius 2 is 1.89 bits per heavy atom. The molecule has 0 saturated heterocycles. The van der Waals surface area contributed by atoms with Crippen LogP contribution in [0.1, 0.15) is 5.56 Å². The summed E-state index contributed by atoms with van der Waals surface area (Å²) in [7, 11) is 0. The molecular formula is C13H11BrN4. The molecule has 2 aromatic heterocycles. The van der Waals surface area contributed by atoms with Crippen LogP contribution in [0.15, 0.2) is 41.0 Å². The Hall–Kier alpha value is -1.88. The summed E-state index contributed by atoms with van der Waals surface area (Å²) in [5, 5.41) is 8.44. The average molecular weight is 303 g/mol. The Morgan fingerprint density at radius 1 is 1.17 bits per heavy atom. The Kier molecular flexibility index (Phi) is 2.56. The van der Waals surface area contributed by atoms with Gasteiger partial charge in [0.1, 0.15) is 0 Å². The molecule has 3 aromatic rings. The number of nitrogen functional groups attached to an aromatic ring is 1. The van der Waals surface area contributed by atoms with Crippen molar-refractivity contribution in [2.45, 2.75) is 6.92 Å². The molecule has 90 valence electrons. The first kappa shape index (κ1) is 11.2. The maximum atomic E-state index is 5.87. The van der Waals surface area contributed by atoms with E-state index in [-0.39, 0.29) is 0 Å². The van der Waals surface area contributed by atoms with Gasteiger partial charge in [-0.3, -0.25) is 4.40 Å². The Labute approximate surface area is 113 Å². The van der Waals surface area contributed by atoms with Crippen LogP contribution in [0.25, 0.3) is 17.0 Å². The van der Waals surface area contributed by atoms with Crippen LogP contribution in [0.5, 0.6) is 0 Å². The quantitative estimate of drug-likeness (QED) is 0.751. The van der Waals surface area contributed by atoms with Crippen molar-refractivity contribution in [1.82, 2.24) is 14.6 Å². The summed E-state index contributed by atoms with van der Waals surface area (Å²) >= 11 is 3.42. The highest BCUT2D eigenvalue weighted by molar-refractivity contribution is 9.10. The molecule has 4 nitrogen and oxygen atoms in total. The molecule has 0 saturated carbocycles. The van der Waals surface area contributed by atoms with E-state index in [0.29, 0.717) is 5.69 Å². The number of benzene rings is 1. The number of nitrogens with two attached hydrogens (primary N) is 1. The first-order valence-corrected chi connectivity index (χ1v) is 6.31. The Bertz CT molecular complexity index is 716. The number of hydrogen-bond donors (Lipinski definition) is 1. The third-order valence-electron chi connectivity index (χ3n) is 2.81. The number of hydrogen-bond acceptors (Lipinski definition) is 3. The lowest BCUT2D eigenvalue weighted by Crippen LogP contribution is -1.95. The van der Waals surface area contributed by atoms with E-state index in [1.54, 1.807) is 0 Å². The normalized spacial score (nSPS) is 11.0. The van der Waals surface area contributed by atoms with Crippen LogP contribution in [0, 0.1) is 6.92 Å². The number of rotatable bonds is 1. The smallest absolute Gasteiger partial charge is 0.168 e. The lowest BCUT2D eigenvalue weighted by Gasteiger charge is -2.03. The van der Waals surface area contributed by atoms with Gasteiger partial charge in [-0.25, -0.2) is 0 Å². The fourth-order valence-corrected chi connectivity index (χ4v) is 2.24. The Balaban J connectivity index is 2.27. The maximum absolute atomic E-state index is 5.87. The number of aromatic nitrogens is 3. The standard InChI is InChI=1S/C13H11BrN4/c1-8-6-11(15)7-18-12(8)16-17-13(18)9-2-4-10(14)5-3-9/h2-7H,15H2,1H3. The predicted molar refractivity (Wildman–Crippen MR) is 75.3 cm³/mol. The molecule has 0 aliphatic carbocycles. The van der Waals surface area contributed by atoms with Crippen molar-refractivity contribution in [3.05, 3.63) is 46.6 Å². The van der Waals surface area contributed by atoms with Crippen LogP contribution >= 0.6 is 15.9 Å². The lowest BCUT2D eigenvalue weighted by molar-refractivity contribution is 1.11. The third kappa shape index (κ3) is 1.76. The van der Waals surface area contributed by atoms with Gasteiger partial charge in [-0.2, -0.15) is 0 Å². The number of pyridine rings is 1. The van der Waals surface area contributed by atoms with Gasteiger partial charge in [-0.05, 0) is 30.7 Å². The highest BCUT2D eigenvalue weighted by atomic mass is 79.9. The monoisotopic (exact) mass is 302 g/mol. The van der Waals surface area contributed by atoms with Crippen LogP contribution in [0.3, 0.4) is 0 Å². The molecule has 0 fully saturated rings. The summed E-state index contributed by atoms with van der Waals surface area (Å²) in [6, 6.07) is 9.86. The molecule has 3 rings (SSSR count). The van der Waals surface area contributed by atoms with Crippen LogP contribution < -0.4 is 5.73 Å². The average Bonchev–Trinajstić information content (AvgIpc) is 2.74. The lowest BCUT2D eigenvalue weighted by atomic mass is 10.2. The van der Waals surface area contributed by atoms with Crippen molar-refractivity contribution in [2.24, 2.45) is 0 Å². The van der Waals surface area contributed by atoms with Gasteiger partial charge in [-0.1, -0.05) is 28.1 Å². The van der Waals surface area contributed by atoms with E-state index in [1.807, 2.05) is 47.9 Å². The number of nitrogens with zero attached hydrogens (tertiary/aromatic N) is 3. The third-order valence-corrected chi connectivity index (χ3v) is 3.34. The second kappa shape index (κ2) is 4.10. The zero-order valence-electron chi connectivity index (χ0n) is 9.76. The molecule has 5 heteroatoms. The highest BCUT2D eigenvalue weighted by Gasteiger charge is 2.10. The Morgan fingerprint density at radius 3 is 2.61 bits per heavy atom. The molecule has 1 aromatic carbocycles. The first-order chi connectivity index (χ1) is 8.65. The van der Waals surface area contributed by atoms with Gasteiger partial charge in [0.25, 0.3) is 0 Å². The van der Waals surface area contributed by atoms with E-state index in [9.17, 15) is 0 Å². The molecule has 0 radical (unpaired) electrons. The molecule has 0 unspecified atom stereocenters. The summed E-state index contributed by atoms with van der Waals surface area (Å²) in [6.07, 6.45) is 1.85. The topological polar surface area (TPSA) is 56.2 Å². The molecule has 0 aliphatic heterocycles. The van der Waals surface area contributed by atoms with Crippen molar-refractivity contribution in [3.8, 4) is 11.4 Å². The van der Waals surface area contributed by atoms with Crippen molar-refractivity contribution in [1.29, 1.82) is 0 Å². The minimum Gasteiger partial charge on any atom is -0.398 e. The van der Waals surface area contributed by atoms with Crippen molar-refractivity contribution in [2.75, 3.05) is 5.73 Å². The van der Waals surface area contributed by atoms with Gasteiger partial charge >= 0.3 is 0 Å². The molecule has 0 amide bonds. The summed E-state index contributed by atoms with van der Waals surface area (Å²) in [5.74, 6) is 0.799. The fraction of sp³-hybridized carbons (Fsp3) is 0.0769. The van der Waals surface area contributed by atoms with E-state index in [2.05, 4.69) is 26.1 Å². The first-order valence-electron chi connectivity index (χ1n) is 5.52. The number of anilines is 1. The van der Waals surface area contributed by atoms with Crippen LogP contribution in [-0.2, 0) is 0 Å². The molecule has 0 atom stereocenters. The summed E-state index contributed by atoms with van der Waals surface area (Å²) < 4.78 is 2.96. The van der Waals surface area contributed by atoms with Crippen LogP contribution in [-0.4, -0.2) is 14.6 Å². The minimum absolute atomic E-state index is 0.707. The van der Waals surface area contributed by atoms with E-state index in [0.717, 1.165) is 27.1 Å². The molecule has 18 heavy (non-hydrogen) atoms. The van der Waals surface area contributed by atoms with Gasteiger partial charge < -0.3 is 5.73 Å². The van der Waals surface area contributed by atoms with Crippen LogP contribution in [0.4, 0.5) is 5.69 Å². The van der Waals surface area contributed by atoms with Crippen LogP contribution in [0.2, 0.25) is 0 Å². The summed E-state index contributed by atoms with van der Waals surface area (Å²) in [5.41, 5.74) is 9.44. The van der Waals surface area contributed by atoms with Crippen molar-refractivity contribution < 1.29 is 0 Å². The molecular weight excluding hydrogens is 292 g/mol. The predicted octanol–water partition coefficient (Wildman–Crippen LogP) is 3.05. The summed E-state index contributed by atoms with van der Waals surface area (Å²) in [6.45, 7) is 1.98. The summed E-state index contributed by atoms with van der Waals surface area (Å²) in [4.78, 5) is 0. The van der Waals surface area contributed by atoms with E-state index in [1.165, 1.54) is 0 Å². The van der Waals surface area contributed by atoms with E-state index < -0.39 is 0 Å². The van der Waals surface area contributed by atoms with Gasteiger partial charge in [0.05, 0.1) is 0 Å². The van der Waals surface area contributed by atoms with Crippen molar-refractivity contribution in [3.63, 3.8) is 0 Å². The van der Waals surface area contributed by atoms with E-state index >= 15 is 0 Å². The largest absolute Gasteiger partial charge is 0.398 e. The van der Waals surface area contributed by atoms with Crippen molar-refractivity contribution >= 4 is 27.3 Å². The highest BCUT2D eigenvalue weighted by Crippen LogP contribution is 2.23. The van der Waals surface area contributed by atoms with E-state index in [4.69, 9.17) is 5.73 Å². The zero-order valence-corrected chi connectivity index (χ0v) is 11.3. The molecule has 2 heterocycles. The fourth-order valence-electron chi connectivity index (χ4n) is 1.98. The molecule has 0 spiro atoms.